The average Bonchev–Trinajstić information content (AvgIpc) is 3.02. The summed E-state index contributed by atoms with van der Waals surface area (Å²) in [7, 11) is 0. The fraction of sp³-hybridized carbons (Fsp3) is 0.0625. The maximum Gasteiger partial charge on any atom is 0.257 e. The molecule has 0 aliphatic rings. The van der Waals surface area contributed by atoms with E-state index in [1.165, 1.54) is 16.9 Å². The molecular formula is C16H11Br2N3OS2. The molecule has 0 aliphatic heterocycles. The third kappa shape index (κ3) is 4.89. The van der Waals surface area contributed by atoms with E-state index in [2.05, 4.69) is 59.5 Å². The van der Waals surface area contributed by atoms with Crippen LogP contribution in [0.2, 0.25) is 0 Å². The maximum absolute atomic E-state index is 12.1. The van der Waals surface area contributed by atoms with E-state index >= 15 is 0 Å². The largest absolute Gasteiger partial charge is 0.296 e. The number of thioether (sulfide) groups is 1. The van der Waals surface area contributed by atoms with Gasteiger partial charge in [-0.3, -0.25) is 10.1 Å². The Balaban J connectivity index is 1.58. The summed E-state index contributed by atoms with van der Waals surface area (Å²) in [5.41, 5.74) is 1.79. The van der Waals surface area contributed by atoms with Crippen molar-refractivity contribution in [1.82, 2.24) is 10.2 Å². The van der Waals surface area contributed by atoms with E-state index in [-0.39, 0.29) is 5.91 Å². The smallest absolute Gasteiger partial charge is 0.257 e. The molecular weight excluding hydrogens is 474 g/mol. The third-order valence-electron chi connectivity index (χ3n) is 3.01. The molecule has 1 heterocycles. The molecule has 0 bridgehead atoms. The van der Waals surface area contributed by atoms with Gasteiger partial charge in [0.2, 0.25) is 5.13 Å². The van der Waals surface area contributed by atoms with Gasteiger partial charge in [0.05, 0.1) is 0 Å². The molecule has 0 saturated heterocycles. The second-order valence-electron chi connectivity index (χ2n) is 4.75. The number of hydrogen-bond acceptors (Lipinski definition) is 5. The van der Waals surface area contributed by atoms with Crippen LogP contribution in [0.3, 0.4) is 0 Å². The van der Waals surface area contributed by atoms with Crippen LogP contribution in [-0.4, -0.2) is 16.1 Å². The quantitative estimate of drug-likeness (QED) is 0.377. The first-order valence-electron chi connectivity index (χ1n) is 6.88. The summed E-state index contributed by atoms with van der Waals surface area (Å²) in [5.74, 6) is 0.617. The Hall–Kier alpha value is -1.22. The highest BCUT2D eigenvalue weighted by Gasteiger charge is 2.10. The highest BCUT2D eigenvalue weighted by atomic mass is 79.9. The van der Waals surface area contributed by atoms with Gasteiger partial charge in [0.15, 0.2) is 4.34 Å². The van der Waals surface area contributed by atoms with Crippen molar-refractivity contribution in [1.29, 1.82) is 0 Å². The number of hydrogen-bond donors (Lipinski definition) is 1. The molecule has 0 radical (unpaired) electrons. The second kappa shape index (κ2) is 8.24. The summed E-state index contributed by atoms with van der Waals surface area (Å²) in [4.78, 5) is 12.1. The molecule has 1 aromatic heterocycles. The summed E-state index contributed by atoms with van der Waals surface area (Å²) < 4.78 is 2.82. The molecule has 2 aromatic carbocycles. The van der Waals surface area contributed by atoms with Gasteiger partial charge < -0.3 is 0 Å². The molecule has 0 saturated carbocycles. The number of anilines is 1. The topological polar surface area (TPSA) is 54.9 Å². The Bertz CT molecular complexity index is 835. The zero-order valence-electron chi connectivity index (χ0n) is 12.2. The molecule has 0 atom stereocenters. The van der Waals surface area contributed by atoms with Gasteiger partial charge in [-0.1, -0.05) is 67.1 Å². The van der Waals surface area contributed by atoms with Crippen molar-refractivity contribution in [3.05, 3.63) is 68.6 Å². The minimum atomic E-state index is -0.192. The number of amides is 1. The summed E-state index contributed by atoms with van der Waals surface area (Å²) >= 11 is 9.74. The van der Waals surface area contributed by atoms with Gasteiger partial charge in [-0.05, 0) is 42.0 Å². The molecule has 3 rings (SSSR count). The number of benzene rings is 2. The Morgan fingerprint density at radius 2 is 1.62 bits per heavy atom. The third-order valence-corrected chi connectivity index (χ3v) is 6.11. The number of carbonyl (C=O) groups excluding carboxylic acids is 1. The van der Waals surface area contributed by atoms with Gasteiger partial charge >= 0.3 is 0 Å². The van der Waals surface area contributed by atoms with Gasteiger partial charge in [0.25, 0.3) is 5.91 Å². The average molecular weight is 485 g/mol. The standard InChI is InChI=1S/C16H11Br2N3OS2/c17-12-5-1-10(2-6-12)9-23-16-21-20-15(24-16)19-14(22)11-3-7-13(18)8-4-11/h1-8H,9H2,(H,19,20,22). The minimum absolute atomic E-state index is 0.192. The van der Waals surface area contributed by atoms with E-state index in [0.29, 0.717) is 10.7 Å². The van der Waals surface area contributed by atoms with Crippen LogP contribution in [0.1, 0.15) is 15.9 Å². The van der Waals surface area contributed by atoms with Crippen LogP contribution in [0.25, 0.3) is 0 Å². The lowest BCUT2D eigenvalue weighted by Gasteiger charge is -2.01. The Labute approximate surface area is 164 Å². The molecule has 24 heavy (non-hydrogen) atoms. The van der Waals surface area contributed by atoms with Crippen molar-refractivity contribution in [2.75, 3.05) is 5.32 Å². The zero-order valence-corrected chi connectivity index (χ0v) is 17.0. The summed E-state index contributed by atoms with van der Waals surface area (Å²) in [5, 5.41) is 11.4. The Morgan fingerprint density at radius 3 is 2.29 bits per heavy atom. The van der Waals surface area contributed by atoms with Gasteiger partial charge in [0.1, 0.15) is 0 Å². The number of halogens is 2. The van der Waals surface area contributed by atoms with Crippen LogP contribution in [-0.2, 0) is 5.75 Å². The minimum Gasteiger partial charge on any atom is -0.296 e. The van der Waals surface area contributed by atoms with E-state index in [9.17, 15) is 4.79 Å². The lowest BCUT2D eigenvalue weighted by molar-refractivity contribution is 0.102. The molecule has 8 heteroatoms. The normalized spacial score (nSPS) is 10.6. The highest BCUT2D eigenvalue weighted by Crippen LogP contribution is 2.29. The monoisotopic (exact) mass is 483 g/mol. The van der Waals surface area contributed by atoms with E-state index < -0.39 is 0 Å². The van der Waals surface area contributed by atoms with Crippen molar-refractivity contribution in [2.45, 2.75) is 10.1 Å². The van der Waals surface area contributed by atoms with Crippen molar-refractivity contribution in [3.63, 3.8) is 0 Å². The number of aromatic nitrogens is 2. The number of rotatable bonds is 5. The molecule has 1 N–H and O–H groups in total. The van der Waals surface area contributed by atoms with Gasteiger partial charge in [0, 0.05) is 20.3 Å². The first-order valence-corrected chi connectivity index (χ1v) is 10.3. The van der Waals surface area contributed by atoms with Crippen LogP contribution >= 0.6 is 55.0 Å². The first kappa shape index (κ1) is 17.6. The number of carbonyl (C=O) groups is 1. The maximum atomic E-state index is 12.1. The fourth-order valence-corrected chi connectivity index (χ4v) is 4.05. The summed E-state index contributed by atoms with van der Waals surface area (Å²) in [6.45, 7) is 0. The van der Waals surface area contributed by atoms with E-state index in [4.69, 9.17) is 0 Å². The van der Waals surface area contributed by atoms with E-state index in [0.717, 1.165) is 19.0 Å². The van der Waals surface area contributed by atoms with Gasteiger partial charge in [-0.2, -0.15) is 0 Å². The summed E-state index contributed by atoms with van der Waals surface area (Å²) in [6, 6.07) is 15.3. The van der Waals surface area contributed by atoms with Crippen LogP contribution in [0.15, 0.2) is 61.8 Å². The lowest BCUT2D eigenvalue weighted by atomic mass is 10.2. The molecule has 122 valence electrons. The fourth-order valence-electron chi connectivity index (χ4n) is 1.81. The predicted octanol–water partition coefficient (Wildman–Crippen LogP) is 5.61. The van der Waals surface area contributed by atoms with Crippen molar-refractivity contribution in [2.24, 2.45) is 0 Å². The SMILES string of the molecule is O=C(Nc1nnc(SCc2ccc(Br)cc2)s1)c1ccc(Br)cc1. The molecule has 0 unspecified atom stereocenters. The van der Waals surface area contributed by atoms with Crippen LogP contribution in [0, 0.1) is 0 Å². The van der Waals surface area contributed by atoms with Crippen LogP contribution < -0.4 is 5.32 Å². The van der Waals surface area contributed by atoms with Crippen molar-refractivity contribution >= 4 is 66.0 Å². The first-order chi connectivity index (χ1) is 11.6. The van der Waals surface area contributed by atoms with Crippen molar-refractivity contribution in [3.8, 4) is 0 Å². The molecule has 0 aliphatic carbocycles. The molecule has 4 nitrogen and oxygen atoms in total. The van der Waals surface area contributed by atoms with Gasteiger partial charge in [-0.25, -0.2) is 0 Å². The van der Waals surface area contributed by atoms with Crippen LogP contribution in [0.5, 0.6) is 0 Å². The Morgan fingerprint density at radius 1 is 1.00 bits per heavy atom. The zero-order chi connectivity index (χ0) is 16.9. The van der Waals surface area contributed by atoms with Crippen molar-refractivity contribution < 1.29 is 4.79 Å². The van der Waals surface area contributed by atoms with E-state index in [1.54, 1.807) is 23.9 Å². The molecule has 1 amide bonds. The molecule has 0 fully saturated rings. The number of nitrogens with one attached hydrogen (secondary N) is 1. The number of nitrogens with zero attached hydrogens (tertiary/aromatic N) is 2. The second-order valence-corrected chi connectivity index (χ2v) is 8.78. The Kier molecular flexibility index (Phi) is 6.04. The summed E-state index contributed by atoms with van der Waals surface area (Å²) in [6.07, 6.45) is 0. The molecule has 3 aromatic rings. The van der Waals surface area contributed by atoms with Crippen LogP contribution in [0.4, 0.5) is 5.13 Å². The molecule has 0 spiro atoms. The predicted molar refractivity (Wildman–Crippen MR) is 106 cm³/mol. The van der Waals surface area contributed by atoms with Gasteiger partial charge in [-0.15, -0.1) is 10.2 Å². The highest BCUT2D eigenvalue weighted by molar-refractivity contribution is 9.10. The van der Waals surface area contributed by atoms with E-state index in [1.807, 2.05) is 24.3 Å². The lowest BCUT2D eigenvalue weighted by Crippen LogP contribution is -2.11.